The second kappa shape index (κ2) is 8.27. The molecule has 30 heavy (non-hydrogen) atoms. The summed E-state index contributed by atoms with van der Waals surface area (Å²) in [4.78, 5) is 41.4. The van der Waals surface area contributed by atoms with Crippen molar-refractivity contribution in [2.24, 2.45) is 0 Å². The molecule has 2 N–H and O–H groups in total. The fraction of sp³-hybridized carbons (Fsp3) is 0.429. The van der Waals surface area contributed by atoms with E-state index in [-0.39, 0.29) is 23.2 Å². The molecule has 3 aromatic rings. The Bertz CT molecular complexity index is 1180. The van der Waals surface area contributed by atoms with Gasteiger partial charge in [0.05, 0.1) is 16.9 Å². The summed E-state index contributed by atoms with van der Waals surface area (Å²) in [6, 6.07) is 7.67. The summed E-state index contributed by atoms with van der Waals surface area (Å²) in [7, 11) is 1.60. The third-order valence-corrected chi connectivity index (χ3v) is 5.77. The zero-order valence-corrected chi connectivity index (χ0v) is 17.2. The van der Waals surface area contributed by atoms with Gasteiger partial charge in [-0.15, -0.1) is 0 Å². The number of rotatable bonds is 5. The topological polar surface area (TPSA) is 105 Å². The van der Waals surface area contributed by atoms with Crippen molar-refractivity contribution in [3.8, 4) is 0 Å². The first-order chi connectivity index (χ1) is 14.5. The SMILES string of the molecule is CCn1c(=O)[nH]c2cc(CN3CCC(n4ccc(C(=O)NC)n4)CC3)ccc2c1=O. The van der Waals surface area contributed by atoms with Crippen LogP contribution < -0.4 is 16.6 Å². The lowest BCUT2D eigenvalue weighted by atomic mass is 10.0. The van der Waals surface area contributed by atoms with E-state index in [0.29, 0.717) is 23.1 Å². The molecule has 1 amide bonds. The van der Waals surface area contributed by atoms with Gasteiger partial charge in [0.25, 0.3) is 11.5 Å². The normalized spacial score (nSPS) is 15.5. The molecular weight excluding hydrogens is 384 g/mol. The minimum absolute atomic E-state index is 0.175. The first-order valence-corrected chi connectivity index (χ1v) is 10.3. The van der Waals surface area contributed by atoms with E-state index >= 15 is 0 Å². The molecule has 0 atom stereocenters. The number of nitrogens with one attached hydrogen (secondary N) is 2. The molecule has 3 heterocycles. The molecule has 0 saturated carbocycles. The van der Waals surface area contributed by atoms with Gasteiger partial charge in [0.1, 0.15) is 5.69 Å². The molecule has 4 rings (SSSR count). The van der Waals surface area contributed by atoms with E-state index in [9.17, 15) is 14.4 Å². The number of benzene rings is 1. The van der Waals surface area contributed by atoms with Crippen molar-refractivity contribution in [1.82, 2.24) is 29.5 Å². The van der Waals surface area contributed by atoms with Crippen LogP contribution in [0.1, 0.15) is 41.9 Å². The van der Waals surface area contributed by atoms with Crippen LogP contribution in [0.15, 0.2) is 40.1 Å². The van der Waals surface area contributed by atoms with E-state index in [0.717, 1.165) is 38.0 Å². The van der Waals surface area contributed by atoms with Crippen LogP contribution in [-0.2, 0) is 13.1 Å². The number of H-pyrrole nitrogens is 1. The van der Waals surface area contributed by atoms with Gasteiger partial charge < -0.3 is 10.3 Å². The maximum atomic E-state index is 12.4. The summed E-state index contributed by atoms with van der Waals surface area (Å²) in [6.07, 6.45) is 3.76. The highest BCUT2D eigenvalue weighted by atomic mass is 16.2. The summed E-state index contributed by atoms with van der Waals surface area (Å²) in [6.45, 7) is 4.70. The standard InChI is InChI=1S/C21H26N6O3/c1-3-26-20(29)16-5-4-14(12-18(16)23-21(26)30)13-25-9-6-15(7-10-25)27-11-8-17(24-27)19(28)22-2/h4-5,8,11-12,15H,3,6-7,9-10,13H2,1-2H3,(H,22,28)(H,23,30). The van der Waals surface area contributed by atoms with Gasteiger partial charge in [-0.1, -0.05) is 6.07 Å². The predicted octanol–water partition coefficient (Wildman–Crippen LogP) is 1.10. The van der Waals surface area contributed by atoms with E-state index in [2.05, 4.69) is 20.3 Å². The van der Waals surface area contributed by atoms with E-state index in [1.165, 1.54) is 4.57 Å². The smallest absolute Gasteiger partial charge is 0.328 e. The van der Waals surface area contributed by atoms with Gasteiger partial charge in [-0.2, -0.15) is 5.10 Å². The molecule has 0 aliphatic carbocycles. The third kappa shape index (κ3) is 3.80. The van der Waals surface area contributed by atoms with Gasteiger partial charge >= 0.3 is 5.69 Å². The Hall–Kier alpha value is -3.20. The van der Waals surface area contributed by atoms with Crippen molar-refractivity contribution >= 4 is 16.8 Å². The number of fused-ring (bicyclic) bond motifs is 1. The molecule has 2 aromatic heterocycles. The minimum atomic E-state index is -0.372. The predicted molar refractivity (Wildman–Crippen MR) is 114 cm³/mol. The van der Waals surface area contributed by atoms with E-state index < -0.39 is 0 Å². The summed E-state index contributed by atoms with van der Waals surface area (Å²) < 4.78 is 3.10. The number of nitrogens with zero attached hydrogens (tertiary/aromatic N) is 4. The Morgan fingerprint density at radius 2 is 2.00 bits per heavy atom. The Labute approximate surface area is 173 Å². The van der Waals surface area contributed by atoms with E-state index in [1.807, 2.05) is 23.0 Å². The molecule has 1 saturated heterocycles. The minimum Gasteiger partial charge on any atom is -0.354 e. The number of amides is 1. The molecule has 1 aliphatic rings. The highest BCUT2D eigenvalue weighted by molar-refractivity contribution is 5.91. The molecule has 9 heteroatoms. The summed E-state index contributed by atoms with van der Waals surface area (Å²) in [5.41, 5.74) is 1.46. The molecule has 1 aliphatic heterocycles. The first-order valence-electron chi connectivity index (χ1n) is 10.3. The largest absolute Gasteiger partial charge is 0.354 e. The van der Waals surface area contributed by atoms with E-state index in [4.69, 9.17) is 0 Å². The fourth-order valence-electron chi connectivity index (χ4n) is 4.08. The van der Waals surface area contributed by atoms with Gasteiger partial charge in [-0.3, -0.25) is 23.7 Å². The van der Waals surface area contributed by atoms with Crippen molar-refractivity contribution in [2.45, 2.75) is 38.9 Å². The van der Waals surface area contributed by atoms with Crippen molar-refractivity contribution < 1.29 is 4.79 Å². The average Bonchev–Trinajstić information content (AvgIpc) is 3.24. The second-order valence-corrected chi connectivity index (χ2v) is 7.63. The van der Waals surface area contributed by atoms with Crippen molar-refractivity contribution in [2.75, 3.05) is 20.1 Å². The van der Waals surface area contributed by atoms with Crippen LogP contribution in [0.3, 0.4) is 0 Å². The monoisotopic (exact) mass is 410 g/mol. The highest BCUT2D eigenvalue weighted by Gasteiger charge is 2.22. The number of carbonyl (C=O) groups excluding carboxylic acids is 1. The van der Waals surface area contributed by atoms with E-state index in [1.54, 1.807) is 26.1 Å². The lowest BCUT2D eigenvalue weighted by Gasteiger charge is -2.32. The first kappa shape index (κ1) is 20.1. The number of aromatic amines is 1. The summed E-state index contributed by atoms with van der Waals surface area (Å²) in [5.74, 6) is -0.175. The average molecular weight is 410 g/mol. The van der Waals surface area contributed by atoms with Gasteiger partial charge in [0.15, 0.2) is 0 Å². The molecule has 0 radical (unpaired) electrons. The van der Waals surface area contributed by atoms with Crippen molar-refractivity contribution in [1.29, 1.82) is 0 Å². The maximum absolute atomic E-state index is 12.4. The Kier molecular flexibility index (Phi) is 5.54. The second-order valence-electron chi connectivity index (χ2n) is 7.63. The van der Waals surface area contributed by atoms with Crippen LogP contribution in [0.5, 0.6) is 0 Å². The fourth-order valence-corrected chi connectivity index (χ4v) is 4.08. The molecular formula is C21H26N6O3. The van der Waals surface area contributed by atoms with Crippen LogP contribution in [0, 0.1) is 0 Å². The van der Waals surface area contributed by atoms with Gasteiger partial charge in [0.2, 0.25) is 0 Å². The van der Waals surface area contributed by atoms with Crippen LogP contribution in [0.2, 0.25) is 0 Å². The molecule has 0 bridgehead atoms. The van der Waals surface area contributed by atoms with Gasteiger partial charge in [-0.25, -0.2) is 4.79 Å². The van der Waals surface area contributed by atoms with Crippen LogP contribution in [0.25, 0.3) is 10.9 Å². The molecule has 1 fully saturated rings. The molecule has 158 valence electrons. The number of piperidine rings is 1. The molecule has 9 nitrogen and oxygen atoms in total. The summed E-state index contributed by atoms with van der Waals surface area (Å²) in [5, 5.41) is 7.52. The number of hydrogen-bond acceptors (Lipinski definition) is 5. The quantitative estimate of drug-likeness (QED) is 0.655. The summed E-state index contributed by atoms with van der Waals surface area (Å²) >= 11 is 0. The van der Waals surface area contributed by atoms with Crippen LogP contribution in [0.4, 0.5) is 0 Å². The molecule has 0 unspecified atom stereocenters. The molecule has 0 spiro atoms. The zero-order valence-electron chi connectivity index (χ0n) is 17.2. The van der Waals surface area contributed by atoms with Crippen molar-refractivity contribution in [3.05, 3.63) is 62.6 Å². The van der Waals surface area contributed by atoms with Crippen LogP contribution in [-0.4, -0.2) is 50.3 Å². The number of likely N-dealkylation sites (tertiary alicyclic amines) is 1. The maximum Gasteiger partial charge on any atom is 0.328 e. The van der Waals surface area contributed by atoms with Crippen LogP contribution >= 0.6 is 0 Å². The van der Waals surface area contributed by atoms with Crippen molar-refractivity contribution in [3.63, 3.8) is 0 Å². The number of aromatic nitrogens is 4. The zero-order chi connectivity index (χ0) is 21.3. The molecule has 1 aromatic carbocycles. The number of hydrogen-bond donors (Lipinski definition) is 2. The highest BCUT2D eigenvalue weighted by Crippen LogP contribution is 2.23. The van der Waals surface area contributed by atoms with Gasteiger partial charge in [-0.05, 0) is 43.5 Å². The Balaban J connectivity index is 1.43. The lowest BCUT2D eigenvalue weighted by molar-refractivity contribution is 0.0956. The Morgan fingerprint density at radius 3 is 2.70 bits per heavy atom. The number of carbonyl (C=O) groups is 1. The Morgan fingerprint density at radius 1 is 1.23 bits per heavy atom. The lowest BCUT2D eigenvalue weighted by Crippen LogP contribution is -2.35. The third-order valence-electron chi connectivity index (χ3n) is 5.77. The van der Waals surface area contributed by atoms with Gasteiger partial charge in [0, 0.05) is 39.4 Å².